The number of nitrogens with one attached hydrogen (secondary N) is 2. The summed E-state index contributed by atoms with van der Waals surface area (Å²) in [6.07, 6.45) is 1.26. The van der Waals surface area contributed by atoms with E-state index in [-0.39, 0.29) is 5.91 Å². The monoisotopic (exact) mass is 412 g/mol. The van der Waals surface area contributed by atoms with Crippen molar-refractivity contribution in [3.8, 4) is 11.5 Å². The quantitative estimate of drug-likeness (QED) is 0.716. The first kappa shape index (κ1) is 22.1. The molecule has 1 aliphatic heterocycles. The number of carbonyl (C=O) groups is 2. The SMILES string of the molecule is CCCC(NC(=O)OC(C)(C)C)C(=O)NCCc1cc(Cl)c2c(c1)OCCO2. The van der Waals surface area contributed by atoms with E-state index in [4.69, 9.17) is 25.8 Å². The number of ether oxygens (including phenoxy) is 3. The maximum absolute atomic E-state index is 12.5. The first-order valence-corrected chi connectivity index (χ1v) is 9.92. The molecule has 0 saturated heterocycles. The number of halogens is 1. The number of carbonyl (C=O) groups excluding carboxylic acids is 2. The fraction of sp³-hybridized carbons (Fsp3) is 0.600. The second-order valence-corrected chi connectivity index (χ2v) is 8.04. The molecule has 28 heavy (non-hydrogen) atoms. The Hall–Kier alpha value is -2.15. The van der Waals surface area contributed by atoms with Gasteiger partial charge in [0.05, 0.1) is 5.02 Å². The third kappa shape index (κ3) is 6.78. The van der Waals surface area contributed by atoms with Crippen molar-refractivity contribution >= 4 is 23.6 Å². The fourth-order valence-corrected chi connectivity index (χ4v) is 3.06. The average Bonchev–Trinajstić information content (AvgIpc) is 2.60. The molecule has 156 valence electrons. The van der Waals surface area contributed by atoms with Crippen molar-refractivity contribution in [2.75, 3.05) is 19.8 Å². The van der Waals surface area contributed by atoms with Crippen molar-refractivity contribution in [3.05, 3.63) is 22.7 Å². The van der Waals surface area contributed by atoms with Crippen LogP contribution in [0, 0.1) is 0 Å². The van der Waals surface area contributed by atoms with Crippen LogP contribution in [0.5, 0.6) is 11.5 Å². The van der Waals surface area contributed by atoms with Gasteiger partial charge in [0.25, 0.3) is 0 Å². The first-order valence-electron chi connectivity index (χ1n) is 9.55. The molecule has 0 saturated carbocycles. The Bertz CT molecular complexity index is 703. The van der Waals surface area contributed by atoms with Crippen molar-refractivity contribution in [2.24, 2.45) is 0 Å². The number of amides is 2. The zero-order valence-corrected chi connectivity index (χ0v) is 17.6. The second kappa shape index (κ2) is 9.87. The molecular formula is C20H29ClN2O5. The normalized spacial score (nSPS) is 14.2. The predicted molar refractivity (Wildman–Crippen MR) is 107 cm³/mol. The van der Waals surface area contributed by atoms with Gasteiger partial charge < -0.3 is 24.8 Å². The van der Waals surface area contributed by atoms with Crippen LogP contribution in [0.15, 0.2) is 12.1 Å². The Morgan fingerprint density at radius 2 is 1.96 bits per heavy atom. The Kier molecular flexibility index (Phi) is 7.80. The minimum absolute atomic E-state index is 0.239. The maximum Gasteiger partial charge on any atom is 0.408 e. The van der Waals surface area contributed by atoms with Gasteiger partial charge in [-0.1, -0.05) is 24.9 Å². The third-order valence-corrected chi connectivity index (χ3v) is 4.24. The van der Waals surface area contributed by atoms with E-state index in [0.717, 1.165) is 12.0 Å². The minimum atomic E-state index is -0.635. The van der Waals surface area contributed by atoms with E-state index in [2.05, 4.69) is 10.6 Å². The Labute approximate surface area is 171 Å². The molecule has 2 rings (SSSR count). The summed E-state index contributed by atoms with van der Waals surface area (Å²) in [6.45, 7) is 8.66. The van der Waals surface area contributed by atoms with E-state index < -0.39 is 17.7 Å². The third-order valence-electron chi connectivity index (χ3n) is 3.95. The first-order chi connectivity index (χ1) is 13.2. The number of hydrogen-bond donors (Lipinski definition) is 2. The van der Waals surface area contributed by atoms with Crippen molar-refractivity contribution in [1.82, 2.24) is 10.6 Å². The molecule has 1 aliphatic rings. The highest BCUT2D eigenvalue weighted by Gasteiger charge is 2.23. The fourth-order valence-electron chi connectivity index (χ4n) is 2.77. The van der Waals surface area contributed by atoms with E-state index in [9.17, 15) is 9.59 Å². The summed E-state index contributed by atoms with van der Waals surface area (Å²) in [4.78, 5) is 24.4. The van der Waals surface area contributed by atoms with Gasteiger partial charge in [0.2, 0.25) is 5.91 Å². The number of alkyl carbamates (subject to hydrolysis) is 1. The van der Waals surface area contributed by atoms with E-state index >= 15 is 0 Å². The van der Waals surface area contributed by atoms with Gasteiger partial charge in [-0.15, -0.1) is 0 Å². The lowest BCUT2D eigenvalue weighted by Gasteiger charge is -2.23. The highest BCUT2D eigenvalue weighted by Crippen LogP contribution is 2.38. The lowest BCUT2D eigenvalue weighted by Crippen LogP contribution is -2.48. The Balaban J connectivity index is 1.88. The van der Waals surface area contributed by atoms with Gasteiger partial charge in [-0.25, -0.2) is 4.79 Å². The molecule has 0 aromatic heterocycles. The number of rotatable bonds is 7. The molecule has 1 heterocycles. The van der Waals surface area contributed by atoms with Crippen LogP contribution in [-0.2, 0) is 16.0 Å². The van der Waals surface area contributed by atoms with Crippen LogP contribution in [0.4, 0.5) is 4.79 Å². The zero-order valence-electron chi connectivity index (χ0n) is 16.9. The van der Waals surface area contributed by atoms with Crippen molar-refractivity contribution in [1.29, 1.82) is 0 Å². The lowest BCUT2D eigenvalue weighted by molar-refractivity contribution is -0.123. The molecule has 1 aromatic rings. The van der Waals surface area contributed by atoms with Gasteiger partial charge in [0.15, 0.2) is 11.5 Å². The molecule has 0 radical (unpaired) electrons. The Morgan fingerprint density at radius 1 is 1.25 bits per heavy atom. The second-order valence-electron chi connectivity index (χ2n) is 7.63. The smallest absolute Gasteiger partial charge is 0.408 e. The van der Waals surface area contributed by atoms with E-state index in [1.165, 1.54) is 0 Å². The summed E-state index contributed by atoms with van der Waals surface area (Å²) >= 11 is 6.24. The summed E-state index contributed by atoms with van der Waals surface area (Å²) in [5.74, 6) is 0.942. The van der Waals surface area contributed by atoms with Crippen molar-refractivity contribution < 1.29 is 23.8 Å². The summed E-state index contributed by atoms with van der Waals surface area (Å²) in [7, 11) is 0. The largest absolute Gasteiger partial charge is 0.486 e. The van der Waals surface area contributed by atoms with Crippen LogP contribution in [0.2, 0.25) is 5.02 Å². The van der Waals surface area contributed by atoms with Gasteiger partial charge in [-0.3, -0.25) is 4.79 Å². The Morgan fingerprint density at radius 3 is 2.64 bits per heavy atom. The summed E-state index contributed by atoms with van der Waals surface area (Å²) < 4.78 is 16.3. The van der Waals surface area contributed by atoms with E-state index in [1.807, 2.05) is 19.1 Å². The van der Waals surface area contributed by atoms with Crippen LogP contribution < -0.4 is 20.1 Å². The maximum atomic E-state index is 12.5. The van der Waals surface area contributed by atoms with Crippen LogP contribution >= 0.6 is 11.6 Å². The highest BCUT2D eigenvalue weighted by molar-refractivity contribution is 6.32. The van der Waals surface area contributed by atoms with Crippen LogP contribution in [0.25, 0.3) is 0 Å². The van der Waals surface area contributed by atoms with Crippen molar-refractivity contribution in [2.45, 2.75) is 58.6 Å². The average molecular weight is 413 g/mol. The molecule has 7 nitrogen and oxygen atoms in total. The van der Waals surface area contributed by atoms with Gasteiger partial charge in [0, 0.05) is 6.54 Å². The number of hydrogen-bond acceptors (Lipinski definition) is 5. The number of fused-ring (bicyclic) bond motifs is 1. The standard InChI is InChI=1S/C20H29ClN2O5/c1-5-6-15(23-19(25)28-20(2,3)4)18(24)22-8-7-13-11-14(21)17-16(12-13)26-9-10-27-17/h11-12,15H,5-10H2,1-4H3,(H,22,24)(H,23,25). The topological polar surface area (TPSA) is 85.9 Å². The summed E-state index contributed by atoms with van der Waals surface area (Å²) in [6, 6.07) is 3.04. The van der Waals surface area contributed by atoms with Crippen molar-refractivity contribution in [3.63, 3.8) is 0 Å². The molecule has 0 bridgehead atoms. The van der Waals surface area contributed by atoms with Gasteiger partial charge >= 0.3 is 6.09 Å². The molecule has 0 spiro atoms. The number of benzene rings is 1. The van der Waals surface area contributed by atoms with E-state index in [0.29, 0.717) is 49.1 Å². The van der Waals surface area contributed by atoms with Crippen LogP contribution in [-0.4, -0.2) is 43.4 Å². The molecule has 0 aliphatic carbocycles. The summed E-state index contributed by atoms with van der Waals surface area (Å²) in [5, 5.41) is 6.00. The molecule has 1 unspecified atom stereocenters. The molecule has 2 N–H and O–H groups in total. The van der Waals surface area contributed by atoms with Crippen LogP contribution in [0.3, 0.4) is 0 Å². The molecule has 1 aromatic carbocycles. The van der Waals surface area contributed by atoms with Gasteiger partial charge in [-0.2, -0.15) is 0 Å². The van der Waals surface area contributed by atoms with Gasteiger partial charge in [0.1, 0.15) is 24.9 Å². The molecule has 2 amide bonds. The lowest BCUT2D eigenvalue weighted by atomic mass is 10.1. The molecule has 0 fully saturated rings. The minimum Gasteiger partial charge on any atom is -0.486 e. The van der Waals surface area contributed by atoms with Crippen LogP contribution in [0.1, 0.15) is 46.1 Å². The summed E-state index contributed by atoms with van der Waals surface area (Å²) in [5.41, 5.74) is 0.316. The van der Waals surface area contributed by atoms with E-state index in [1.54, 1.807) is 20.8 Å². The predicted octanol–water partition coefficient (Wildman–Crippen LogP) is 3.46. The van der Waals surface area contributed by atoms with Gasteiger partial charge in [-0.05, 0) is 51.3 Å². The molecule has 1 atom stereocenters. The molecular weight excluding hydrogens is 384 g/mol. The zero-order chi connectivity index (χ0) is 20.7. The highest BCUT2D eigenvalue weighted by atomic mass is 35.5. The molecule has 8 heteroatoms.